The summed E-state index contributed by atoms with van der Waals surface area (Å²) in [5.74, 6) is 0.868. The summed E-state index contributed by atoms with van der Waals surface area (Å²) >= 11 is 0. The predicted molar refractivity (Wildman–Crippen MR) is 126 cm³/mol. The van der Waals surface area contributed by atoms with Crippen LogP contribution in [0.5, 0.6) is 5.75 Å². The number of nitro groups is 1. The van der Waals surface area contributed by atoms with Gasteiger partial charge in [0, 0.05) is 44.8 Å². The maximum absolute atomic E-state index is 13.3. The third-order valence-electron chi connectivity index (χ3n) is 6.55. The molecule has 33 heavy (non-hydrogen) atoms. The van der Waals surface area contributed by atoms with Crippen molar-refractivity contribution in [3.63, 3.8) is 0 Å². The first kappa shape index (κ1) is 23.5. The lowest BCUT2D eigenvalue weighted by Crippen LogP contribution is -2.47. The number of para-hydroxylation sites is 3. The maximum Gasteiger partial charge on any atom is 0.289 e. The van der Waals surface area contributed by atoms with Gasteiger partial charge in [-0.25, -0.2) is 8.42 Å². The Hall–Kier alpha value is -2.69. The average Bonchev–Trinajstić information content (AvgIpc) is 3.33. The van der Waals surface area contributed by atoms with E-state index in [9.17, 15) is 18.5 Å². The number of piperazine rings is 1. The molecule has 2 fully saturated rings. The van der Waals surface area contributed by atoms with Crippen LogP contribution in [0, 0.1) is 10.1 Å². The lowest BCUT2D eigenvalue weighted by molar-refractivity contribution is -0.387. The SMILES string of the molecule is COc1ccccc1N1CCN(CC[C@H]2CCCN2S(=O)(=O)c2ccccc2[N+](=O)[O-])CC1. The Morgan fingerprint density at radius 1 is 1.03 bits per heavy atom. The molecular formula is C23H30N4O5S. The molecule has 0 aliphatic carbocycles. The van der Waals surface area contributed by atoms with Gasteiger partial charge in [-0.1, -0.05) is 24.3 Å². The zero-order valence-corrected chi connectivity index (χ0v) is 19.6. The lowest BCUT2D eigenvalue weighted by Gasteiger charge is -2.37. The molecule has 2 aromatic carbocycles. The average molecular weight is 475 g/mol. The Labute approximate surface area is 194 Å². The zero-order chi connectivity index (χ0) is 23.4. The largest absolute Gasteiger partial charge is 0.495 e. The van der Waals surface area contributed by atoms with Crippen molar-refractivity contribution in [2.75, 3.05) is 51.3 Å². The van der Waals surface area contributed by atoms with Crippen LogP contribution < -0.4 is 9.64 Å². The number of rotatable bonds is 8. The zero-order valence-electron chi connectivity index (χ0n) is 18.8. The Bertz CT molecular complexity index is 1090. The standard InChI is InChI=1S/C23H30N4O5S/c1-32-22-10-4-2-8-20(22)25-17-15-24(16-18-25)14-12-19-7-6-13-26(19)33(30,31)23-11-5-3-9-21(23)27(28)29/h2-5,8-11,19H,6-7,12-18H2,1H3/t19-/m1/s1. The molecule has 1 atom stereocenters. The molecule has 2 aliphatic heterocycles. The summed E-state index contributed by atoms with van der Waals surface area (Å²) in [5.41, 5.74) is 0.729. The highest BCUT2D eigenvalue weighted by molar-refractivity contribution is 7.89. The van der Waals surface area contributed by atoms with E-state index < -0.39 is 14.9 Å². The van der Waals surface area contributed by atoms with E-state index in [-0.39, 0.29) is 16.6 Å². The van der Waals surface area contributed by atoms with Gasteiger partial charge in [0.25, 0.3) is 5.69 Å². The Morgan fingerprint density at radius 2 is 1.73 bits per heavy atom. The van der Waals surface area contributed by atoms with Crippen molar-refractivity contribution < 1.29 is 18.1 Å². The van der Waals surface area contributed by atoms with Crippen LogP contribution >= 0.6 is 0 Å². The molecule has 2 aromatic rings. The van der Waals surface area contributed by atoms with Gasteiger partial charge < -0.3 is 9.64 Å². The predicted octanol–water partition coefficient (Wildman–Crippen LogP) is 2.97. The molecule has 0 unspecified atom stereocenters. The number of hydrogen-bond acceptors (Lipinski definition) is 7. The van der Waals surface area contributed by atoms with E-state index in [4.69, 9.17) is 4.74 Å². The molecule has 2 saturated heterocycles. The number of ether oxygens (including phenoxy) is 1. The van der Waals surface area contributed by atoms with Gasteiger partial charge in [-0.3, -0.25) is 15.0 Å². The summed E-state index contributed by atoms with van der Waals surface area (Å²) in [6, 6.07) is 13.5. The van der Waals surface area contributed by atoms with Crippen LogP contribution in [-0.4, -0.2) is 75.0 Å². The summed E-state index contributed by atoms with van der Waals surface area (Å²) in [6.45, 7) is 4.74. The molecule has 0 N–H and O–H groups in total. The molecule has 0 amide bonds. The molecule has 4 rings (SSSR count). The third kappa shape index (κ3) is 4.97. The first-order valence-corrected chi connectivity index (χ1v) is 12.7. The monoisotopic (exact) mass is 474 g/mol. The molecule has 2 heterocycles. The molecule has 0 saturated carbocycles. The minimum Gasteiger partial charge on any atom is -0.495 e. The summed E-state index contributed by atoms with van der Waals surface area (Å²) in [7, 11) is -2.24. The van der Waals surface area contributed by atoms with Crippen molar-refractivity contribution in [1.29, 1.82) is 0 Å². The highest BCUT2D eigenvalue weighted by Crippen LogP contribution is 2.33. The van der Waals surface area contributed by atoms with Gasteiger partial charge in [0.2, 0.25) is 10.0 Å². The topological polar surface area (TPSA) is 96.2 Å². The Balaban J connectivity index is 1.37. The van der Waals surface area contributed by atoms with Crippen molar-refractivity contribution >= 4 is 21.4 Å². The van der Waals surface area contributed by atoms with E-state index in [2.05, 4.69) is 15.9 Å². The van der Waals surface area contributed by atoms with E-state index in [1.807, 2.05) is 18.2 Å². The molecule has 0 aromatic heterocycles. The van der Waals surface area contributed by atoms with E-state index in [1.54, 1.807) is 7.11 Å². The second-order valence-corrected chi connectivity index (χ2v) is 10.3. The Morgan fingerprint density at radius 3 is 2.45 bits per heavy atom. The lowest BCUT2D eigenvalue weighted by atomic mass is 10.1. The van der Waals surface area contributed by atoms with Gasteiger partial charge in [0.15, 0.2) is 4.90 Å². The van der Waals surface area contributed by atoms with Crippen LogP contribution in [0.15, 0.2) is 53.4 Å². The van der Waals surface area contributed by atoms with Gasteiger partial charge in [0.1, 0.15) is 5.75 Å². The number of anilines is 1. The molecule has 10 heteroatoms. The van der Waals surface area contributed by atoms with Gasteiger partial charge in [-0.2, -0.15) is 4.31 Å². The molecule has 0 spiro atoms. The van der Waals surface area contributed by atoms with Crippen LogP contribution in [0.1, 0.15) is 19.3 Å². The summed E-state index contributed by atoms with van der Waals surface area (Å²) in [4.78, 5) is 15.2. The first-order chi connectivity index (χ1) is 15.9. The highest BCUT2D eigenvalue weighted by Gasteiger charge is 2.38. The van der Waals surface area contributed by atoms with Gasteiger partial charge >= 0.3 is 0 Å². The van der Waals surface area contributed by atoms with Crippen molar-refractivity contribution in [3.8, 4) is 5.75 Å². The van der Waals surface area contributed by atoms with E-state index in [0.717, 1.165) is 57.0 Å². The number of methoxy groups -OCH3 is 1. The highest BCUT2D eigenvalue weighted by atomic mass is 32.2. The minimum absolute atomic E-state index is 0.137. The summed E-state index contributed by atoms with van der Waals surface area (Å²) in [6.07, 6.45) is 2.27. The van der Waals surface area contributed by atoms with Gasteiger partial charge in [-0.15, -0.1) is 0 Å². The van der Waals surface area contributed by atoms with Crippen molar-refractivity contribution in [2.24, 2.45) is 0 Å². The smallest absolute Gasteiger partial charge is 0.289 e. The van der Waals surface area contributed by atoms with E-state index in [0.29, 0.717) is 13.0 Å². The van der Waals surface area contributed by atoms with Crippen LogP contribution in [0.2, 0.25) is 0 Å². The molecule has 0 bridgehead atoms. The number of hydrogen-bond donors (Lipinski definition) is 0. The van der Waals surface area contributed by atoms with Crippen LogP contribution in [0.25, 0.3) is 0 Å². The molecule has 9 nitrogen and oxygen atoms in total. The van der Waals surface area contributed by atoms with Crippen LogP contribution in [0.3, 0.4) is 0 Å². The van der Waals surface area contributed by atoms with Crippen LogP contribution in [0.4, 0.5) is 11.4 Å². The molecular weight excluding hydrogens is 444 g/mol. The fourth-order valence-electron chi connectivity index (χ4n) is 4.80. The maximum atomic E-state index is 13.3. The van der Waals surface area contributed by atoms with Gasteiger partial charge in [-0.05, 0) is 44.0 Å². The second-order valence-electron chi connectivity index (χ2n) is 8.43. The number of nitrogens with zero attached hydrogens (tertiary/aromatic N) is 4. The summed E-state index contributed by atoms with van der Waals surface area (Å²) < 4.78 is 33.5. The number of nitro benzene ring substituents is 1. The van der Waals surface area contributed by atoms with Crippen molar-refractivity contribution in [1.82, 2.24) is 9.21 Å². The van der Waals surface area contributed by atoms with Crippen molar-refractivity contribution in [3.05, 3.63) is 58.6 Å². The summed E-state index contributed by atoms with van der Waals surface area (Å²) in [5, 5.41) is 11.4. The van der Waals surface area contributed by atoms with Gasteiger partial charge in [0.05, 0.1) is 17.7 Å². The molecule has 2 aliphatic rings. The van der Waals surface area contributed by atoms with E-state index >= 15 is 0 Å². The third-order valence-corrected chi connectivity index (χ3v) is 8.55. The molecule has 178 valence electrons. The van der Waals surface area contributed by atoms with E-state index in [1.165, 1.54) is 28.6 Å². The normalized spacial score (nSPS) is 20.2. The number of benzene rings is 2. The minimum atomic E-state index is -3.92. The number of sulfonamides is 1. The quantitative estimate of drug-likeness (QED) is 0.429. The fourth-order valence-corrected chi connectivity index (χ4v) is 6.68. The van der Waals surface area contributed by atoms with Crippen LogP contribution in [-0.2, 0) is 10.0 Å². The second kappa shape index (κ2) is 10.1. The first-order valence-electron chi connectivity index (χ1n) is 11.3. The molecule has 0 radical (unpaired) electrons. The fraction of sp³-hybridized carbons (Fsp3) is 0.478. The van der Waals surface area contributed by atoms with Crippen molar-refractivity contribution in [2.45, 2.75) is 30.2 Å². The Kier molecular flexibility index (Phi) is 7.16.